The zero-order chi connectivity index (χ0) is 16.1. The van der Waals surface area contributed by atoms with E-state index < -0.39 is 5.82 Å². The topological polar surface area (TPSA) is 31.4 Å². The molecule has 22 heavy (non-hydrogen) atoms. The van der Waals surface area contributed by atoms with Crippen molar-refractivity contribution < 1.29 is 13.9 Å². The SMILES string of the molecule is COCCOc1cc(-c2nc(Cl)sc2CC(C)C)ccc1F. The van der Waals surface area contributed by atoms with Gasteiger partial charge in [-0.2, -0.15) is 0 Å². The minimum atomic E-state index is -0.397. The highest BCUT2D eigenvalue weighted by Crippen LogP contribution is 2.34. The Morgan fingerprint density at radius 3 is 2.77 bits per heavy atom. The molecule has 2 aromatic rings. The summed E-state index contributed by atoms with van der Waals surface area (Å²) in [6, 6.07) is 4.76. The van der Waals surface area contributed by atoms with Gasteiger partial charge in [-0.3, -0.25) is 0 Å². The number of hydrogen-bond donors (Lipinski definition) is 0. The zero-order valence-electron chi connectivity index (χ0n) is 12.9. The number of rotatable bonds is 7. The first-order valence-electron chi connectivity index (χ1n) is 7.08. The summed E-state index contributed by atoms with van der Waals surface area (Å²) in [5, 5.41) is 0. The molecule has 0 unspecified atom stereocenters. The van der Waals surface area contributed by atoms with Crippen molar-refractivity contribution in [1.29, 1.82) is 0 Å². The monoisotopic (exact) mass is 343 g/mol. The molecule has 6 heteroatoms. The van der Waals surface area contributed by atoms with Gasteiger partial charge in [0, 0.05) is 17.6 Å². The van der Waals surface area contributed by atoms with Crippen LogP contribution in [0.15, 0.2) is 18.2 Å². The molecule has 0 saturated heterocycles. The molecule has 0 aliphatic heterocycles. The molecule has 0 amide bonds. The molecule has 0 spiro atoms. The van der Waals surface area contributed by atoms with E-state index in [-0.39, 0.29) is 5.75 Å². The third-order valence-electron chi connectivity index (χ3n) is 3.01. The smallest absolute Gasteiger partial charge is 0.184 e. The molecule has 0 N–H and O–H groups in total. The zero-order valence-corrected chi connectivity index (χ0v) is 14.4. The Kier molecular flexibility index (Phi) is 6.17. The Labute approximate surface area is 139 Å². The summed E-state index contributed by atoms with van der Waals surface area (Å²) >= 11 is 7.53. The van der Waals surface area contributed by atoms with Crippen molar-refractivity contribution in [2.75, 3.05) is 20.3 Å². The molecule has 0 atom stereocenters. The van der Waals surface area contributed by atoms with Crippen molar-refractivity contribution in [2.45, 2.75) is 20.3 Å². The van der Waals surface area contributed by atoms with Crippen molar-refractivity contribution in [2.24, 2.45) is 5.92 Å². The van der Waals surface area contributed by atoms with Crippen LogP contribution in [0.2, 0.25) is 4.47 Å². The van der Waals surface area contributed by atoms with Crippen molar-refractivity contribution in [3.05, 3.63) is 33.4 Å². The predicted molar refractivity (Wildman–Crippen MR) is 88.4 cm³/mol. The van der Waals surface area contributed by atoms with Crippen molar-refractivity contribution in [3.63, 3.8) is 0 Å². The minimum Gasteiger partial charge on any atom is -0.488 e. The fraction of sp³-hybridized carbons (Fsp3) is 0.438. The van der Waals surface area contributed by atoms with Crippen molar-refractivity contribution >= 4 is 22.9 Å². The molecule has 0 aliphatic carbocycles. The summed E-state index contributed by atoms with van der Waals surface area (Å²) in [6.07, 6.45) is 0.886. The van der Waals surface area contributed by atoms with E-state index in [1.165, 1.54) is 17.4 Å². The number of nitrogens with zero attached hydrogens (tertiary/aromatic N) is 1. The molecule has 120 valence electrons. The fourth-order valence-corrected chi connectivity index (χ4v) is 3.43. The van der Waals surface area contributed by atoms with Gasteiger partial charge in [0.05, 0.1) is 12.3 Å². The molecule has 3 nitrogen and oxygen atoms in total. The normalized spacial score (nSPS) is 11.2. The molecule has 1 aromatic carbocycles. The van der Waals surface area contributed by atoms with Crippen LogP contribution in [0, 0.1) is 11.7 Å². The lowest BCUT2D eigenvalue weighted by molar-refractivity contribution is 0.144. The highest BCUT2D eigenvalue weighted by molar-refractivity contribution is 7.16. The standard InChI is InChI=1S/C16H19ClFNO2S/c1-10(2)8-14-15(19-16(17)22-14)11-4-5-12(18)13(9-11)21-7-6-20-3/h4-5,9-10H,6-8H2,1-3H3. The molecule has 1 aromatic heterocycles. The van der Waals surface area contributed by atoms with Crippen LogP contribution in [0.4, 0.5) is 4.39 Å². The fourth-order valence-electron chi connectivity index (χ4n) is 2.05. The second-order valence-electron chi connectivity index (χ2n) is 5.32. The van der Waals surface area contributed by atoms with Crippen LogP contribution in [0.1, 0.15) is 18.7 Å². The van der Waals surface area contributed by atoms with Crippen LogP contribution < -0.4 is 4.74 Å². The summed E-state index contributed by atoms with van der Waals surface area (Å²) in [5.74, 6) is 0.300. The Morgan fingerprint density at radius 1 is 1.32 bits per heavy atom. The largest absolute Gasteiger partial charge is 0.488 e. The average molecular weight is 344 g/mol. The predicted octanol–water partition coefficient (Wildman–Crippen LogP) is 4.83. The molecule has 0 radical (unpaired) electrons. The van der Waals surface area contributed by atoms with Gasteiger partial charge in [-0.25, -0.2) is 9.37 Å². The maximum atomic E-state index is 13.8. The molecule has 0 bridgehead atoms. The van der Waals surface area contributed by atoms with E-state index in [0.717, 1.165) is 22.6 Å². The second kappa shape index (κ2) is 7.90. The Morgan fingerprint density at radius 2 is 2.09 bits per heavy atom. The summed E-state index contributed by atoms with van der Waals surface area (Å²) in [6.45, 7) is 4.99. The van der Waals surface area contributed by atoms with Gasteiger partial charge in [0.2, 0.25) is 0 Å². The summed E-state index contributed by atoms with van der Waals surface area (Å²) in [5.41, 5.74) is 1.62. The van der Waals surface area contributed by atoms with E-state index in [1.54, 1.807) is 19.2 Å². The van der Waals surface area contributed by atoms with Crippen LogP contribution in [0.3, 0.4) is 0 Å². The Bertz CT molecular complexity index is 631. The molecular formula is C16H19ClFNO2S. The van der Waals surface area contributed by atoms with Gasteiger partial charge in [-0.05, 0) is 30.5 Å². The Hall–Kier alpha value is -1.17. The second-order valence-corrected chi connectivity index (χ2v) is 6.99. The van der Waals surface area contributed by atoms with Crippen LogP contribution in [0.25, 0.3) is 11.3 Å². The van der Waals surface area contributed by atoms with E-state index in [9.17, 15) is 4.39 Å². The number of halogens is 2. The molecule has 0 saturated carbocycles. The number of hydrogen-bond acceptors (Lipinski definition) is 4. The summed E-state index contributed by atoms with van der Waals surface area (Å²) in [7, 11) is 1.58. The number of aromatic nitrogens is 1. The van der Waals surface area contributed by atoms with Crippen molar-refractivity contribution in [1.82, 2.24) is 4.98 Å². The number of methoxy groups -OCH3 is 1. The van der Waals surface area contributed by atoms with E-state index in [1.807, 2.05) is 0 Å². The van der Waals surface area contributed by atoms with Gasteiger partial charge in [0.15, 0.2) is 16.0 Å². The first-order chi connectivity index (χ1) is 10.5. The lowest BCUT2D eigenvalue weighted by Crippen LogP contribution is -2.05. The van der Waals surface area contributed by atoms with E-state index in [2.05, 4.69) is 18.8 Å². The number of benzene rings is 1. The molecule has 2 rings (SSSR count). The van der Waals surface area contributed by atoms with E-state index in [4.69, 9.17) is 21.1 Å². The quantitative estimate of drug-likeness (QED) is 0.675. The maximum Gasteiger partial charge on any atom is 0.184 e. The molecule has 1 heterocycles. The first-order valence-corrected chi connectivity index (χ1v) is 8.27. The average Bonchev–Trinajstić information content (AvgIpc) is 2.81. The third kappa shape index (κ3) is 4.41. The highest BCUT2D eigenvalue weighted by Gasteiger charge is 2.15. The Balaban J connectivity index is 2.30. The van der Waals surface area contributed by atoms with E-state index >= 15 is 0 Å². The lowest BCUT2D eigenvalue weighted by Gasteiger charge is -2.09. The highest BCUT2D eigenvalue weighted by atomic mass is 35.5. The van der Waals surface area contributed by atoms with E-state index in [0.29, 0.717) is 23.6 Å². The lowest BCUT2D eigenvalue weighted by atomic mass is 10.0. The first kappa shape index (κ1) is 17.2. The number of thiazole rings is 1. The van der Waals surface area contributed by atoms with Gasteiger partial charge >= 0.3 is 0 Å². The minimum absolute atomic E-state index is 0.203. The maximum absolute atomic E-state index is 13.8. The summed E-state index contributed by atoms with van der Waals surface area (Å²) in [4.78, 5) is 5.49. The summed E-state index contributed by atoms with van der Waals surface area (Å²) < 4.78 is 24.6. The van der Waals surface area contributed by atoms with Gasteiger partial charge in [-0.1, -0.05) is 25.4 Å². The van der Waals surface area contributed by atoms with Gasteiger partial charge in [0.1, 0.15) is 6.61 Å². The van der Waals surface area contributed by atoms with Gasteiger partial charge in [0.25, 0.3) is 0 Å². The van der Waals surface area contributed by atoms with Crippen LogP contribution in [-0.2, 0) is 11.2 Å². The molecular weight excluding hydrogens is 325 g/mol. The molecule has 0 fully saturated rings. The van der Waals surface area contributed by atoms with Gasteiger partial charge < -0.3 is 9.47 Å². The van der Waals surface area contributed by atoms with Crippen LogP contribution in [-0.4, -0.2) is 25.3 Å². The number of ether oxygens (including phenoxy) is 2. The van der Waals surface area contributed by atoms with Gasteiger partial charge in [-0.15, -0.1) is 11.3 Å². The van der Waals surface area contributed by atoms with Crippen molar-refractivity contribution in [3.8, 4) is 17.0 Å². The van der Waals surface area contributed by atoms with Crippen LogP contribution >= 0.6 is 22.9 Å². The third-order valence-corrected chi connectivity index (χ3v) is 4.20. The molecule has 0 aliphatic rings. The van der Waals surface area contributed by atoms with Crippen LogP contribution in [0.5, 0.6) is 5.75 Å².